The maximum Gasteiger partial charge on any atom is 0.191 e. The second-order valence-corrected chi connectivity index (χ2v) is 8.08. The van der Waals surface area contributed by atoms with E-state index in [0.717, 1.165) is 49.5 Å². The van der Waals surface area contributed by atoms with E-state index >= 15 is 0 Å². The molecule has 1 aromatic heterocycles. The van der Waals surface area contributed by atoms with Gasteiger partial charge in [-0.25, -0.2) is 0 Å². The zero-order chi connectivity index (χ0) is 19.1. The lowest BCUT2D eigenvalue weighted by Crippen LogP contribution is -2.53. The highest BCUT2D eigenvalue weighted by molar-refractivity contribution is 5.80. The van der Waals surface area contributed by atoms with Crippen LogP contribution in [0.2, 0.25) is 0 Å². The lowest BCUT2D eigenvalue weighted by Gasteiger charge is -2.40. The average molecular weight is 376 g/mol. The van der Waals surface area contributed by atoms with Crippen molar-refractivity contribution < 1.29 is 4.52 Å². The van der Waals surface area contributed by atoms with Crippen LogP contribution >= 0.6 is 0 Å². The average Bonchev–Trinajstić information content (AvgIpc) is 3.01. The molecule has 1 atom stereocenters. The fraction of sp³-hybridized carbons (Fsp3) is 0.810. The van der Waals surface area contributed by atoms with Gasteiger partial charge in [0.1, 0.15) is 5.76 Å². The van der Waals surface area contributed by atoms with Crippen molar-refractivity contribution in [1.82, 2.24) is 20.7 Å². The van der Waals surface area contributed by atoms with Crippen LogP contribution in [0.25, 0.3) is 0 Å². The van der Waals surface area contributed by atoms with Crippen molar-refractivity contribution in [1.29, 1.82) is 0 Å². The van der Waals surface area contributed by atoms with Crippen LogP contribution in [0, 0.1) is 13.8 Å². The van der Waals surface area contributed by atoms with E-state index < -0.39 is 0 Å². The van der Waals surface area contributed by atoms with Crippen LogP contribution in [-0.2, 0) is 6.42 Å². The van der Waals surface area contributed by atoms with Gasteiger partial charge in [-0.05, 0) is 59.4 Å². The molecule has 1 saturated heterocycles. The number of likely N-dealkylation sites (tertiary alicyclic amines) is 1. The van der Waals surface area contributed by atoms with E-state index in [-0.39, 0.29) is 0 Å². The third-order valence-corrected chi connectivity index (χ3v) is 6.04. The monoisotopic (exact) mass is 375 g/mol. The van der Waals surface area contributed by atoms with Gasteiger partial charge < -0.3 is 15.2 Å². The van der Waals surface area contributed by atoms with Gasteiger partial charge in [-0.15, -0.1) is 0 Å². The molecule has 152 valence electrons. The van der Waals surface area contributed by atoms with E-state index in [1.54, 1.807) is 0 Å². The van der Waals surface area contributed by atoms with Crippen molar-refractivity contribution in [2.45, 2.75) is 84.2 Å². The van der Waals surface area contributed by atoms with Gasteiger partial charge in [0.05, 0.1) is 5.69 Å². The maximum absolute atomic E-state index is 5.26. The standard InChI is InChI=1S/C21H37N5O/c1-4-22-21(23-13-12-20-16(2)25-27-17(20)3)24-18-9-8-14-26(15-18)19-10-6-5-7-11-19/h18-19H,4-15H2,1-3H3,(H2,22,23,24). The number of rotatable bonds is 6. The molecule has 0 aromatic carbocycles. The van der Waals surface area contributed by atoms with E-state index in [1.807, 2.05) is 13.8 Å². The fourth-order valence-corrected chi connectivity index (χ4v) is 4.55. The van der Waals surface area contributed by atoms with Crippen LogP contribution in [0.4, 0.5) is 0 Å². The highest BCUT2D eigenvalue weighted by Gasteiger charge is 2.27. The summed E-state index contributed by atoms with van der Waals surface area (Å²) in [4.78, 5) is 7.54. The first-order valence-electron chi connectivity index (χ1n) is 10.9. The highest BCUT2D eigenvalue weighted by atomic mass is 16.5. The molecule has 2 fully saturated rings. The van der Waals surface area contributed by atoms with Crippen LogP contribution in [0.3, 0.4) is 0 Å². The van der Waals surface area contributed by atoms with Gasteiger partial charge in [0.25, 0.3) is 0 Å². The molecule has 0 radical (unpaired) electrons. The third kappa shape index (κ3) is 5.71. The van der Waals surface area contributed by atoms with Crippen molar-refractivity contribution in [2.75, 3.05) is 26.2 Å². The molecule has 6 nitrogen and oxygen atoms in total. The number of hydrogen-bond acceptors (Lipinski definition) is 4. The Morgan fingerprint density at radius 2 is 2.00 bits per heavy atom. The summed E-state index contributed by atoms with van der Waals surface area (Å²) in [6.45, 7) is 10.2. The van der Waals surface area contributed by atoms with Crippen molar-refractivity contribution >= 4 is 5.96 Å². The van der Waals surface area contributed by atoms with Crippen LogP contribution in [0.15, 0.2) is 9.52 Å². The smallest absolute Gasteiger partial charge is 0.191 e. The first-order valence-corrected chi connectivity index (χ1v) is 10.9. The number of aryl methyl sites for hydroxylation is 2. The Kier molecular flexibility index (Phi) is 7.56. The second kappa shape index (κ2) is 10.1. The molecule has 27 heavy (non-hydrogen) atoms. The Morgan fingerprint density at radius 3 is 2.70 bits per heavy atom. The van der Waals surface area contributed by atoms with Gasteiger partial charge in [0, 0.05) is 37.3 Å². The molecule has 0 spiro atoms. The topological polar surface area (TPSA) is 65.7 Å². The molecular weight excluding hydrogens is 338 g/mol. The fourth-order valence-electron chi connectivity index (χ4n) is 4.55. The van der Waals surface area contributed by atoms with Gasteiger partial charge in [0.2, 0.25) is 0 Å². The summed E-state index contributed by atoms with van der Waals surface area (Å²) >= 11 is 0. The Labute approximate surface area is 164 Å². The molecule has 2 N–H and O–H groups in total. The minimum absolute atomic E-state index is 0.498. The van der Waals surface area contributed by atoms with E-state index in [1.165, 1.54) is 57.1 Å². The van der Waals surface area contributed by atoms with E-state index in [2.05, 4.69) is 27.6 Å². The van der Waals surface area contributed by atoms with Crippen molar-refractivity contribution in [3.63, 3.8) is 0 Å². The predicted octanol–water partition coefficient (Wildman–Crippen LogP) is 3.19. The van der Waals surface area contributed by atoms with Crippen LogP contribution < -0.4 is 10.6 Å². The normalized spacial score (nSPS) is 22.8. The Hall–Kier alpha value is -1.56. The molecule has 1 saturated carbocycles. The van der Waals surface area contributed by atoms with Crippen molar-refractivity contribution in [3.8, 4) is 0 Å². The van der Waals surface area contributed by atoms with Crippen LogP contribution in [0.5, 0.6) is 0 Å². The predicted molar refractivity (Wildman–Crippen MR) is 110 cm³/mol. The molecule has 0 bridgehead atoms. The molecule has 0 amide bonds. The van der Waals surface area contributed by atoms with E-state index in [4.69, 9.17) is 9.52 Å². The number of nitrogens with zero attached hydrogens (tertiary/aromatic N) is 3. The molecule has 2 heterocycles. The third-order valence-electron chi connectivity index (χ3n) is 6.04. The zero-order valence-electron chi connectivity index (χ0n) is 17.4. The van der Waals surface area contributed by atoms with Crippen molar-refractivity contribution in [3.05, 3.63) is 17.0 Å². The second-order valence-electron chi connectivity index (χ2n) is 8.08. The van der Waals surface area contributed by atoms with Crippen molar-refractivity contribution in [2.24, 2.45) is 4.99 Å². The first-order chi connectivity index (χ1) is 13.2. The van der Waals surface area contributed by atoms with E-state index in [9.17, 15) is 0 Å². The summed E-state index contributed by atoms with van der Waals surface area (Å²) in [6.07, 6.45) is 10.4. The molecule has 1 aliphatic heterocycles. The minimum atomic E-state index is 0.498. The summed E-state index contributed by atoms with van der Waals surface area (Å²) in [5.41, 5.74) is 2.17. The number of guanidine groups is 1. The Bertz CT molecular complexity index is 586. The lowest BCUT2D eigenvalue weighted by molar-refractivity contribution is 0.115. The SMILES string of the molecule is CCNC(=NCCc1c(C)noc1C)NC1CCCN(C2CCCCC2)C1. The van der Waals surface area contributed by atoms with Crippen LogP contribution in [0.1, 0.15) is 68.9 Å². The first kappa shape index (κ1) is 20.2. The molecule has 1 aliphatic carbocycles. The Morgan fingerprint density at radius 1 is 1.19 bits per heavy atom. The summed E-state index contributed by atoms with van der Waals surface area (Å²) in [5, 5.41) is 11.1. The largest absolute Gasteiger partial charge is 0.361 e. The maximum atomic E-state index is 5.26. The molecule has 6 heteroatoms. The quantitative estimate of drug-likeness (QED) is 0.590. The summed E-state index contributed by atoms with van der Waals surface area (Å²) in [7, 11) is 0. The molecule has 3 rings (SSSR count). The van der Waals surface area contributed by atoms with Gasteiger partial charge in [-0.3, -0.25) is 9.89 Å². The zero-order valence-corrected chi connectivity index (χ0v) is 17.4. The number of aliphatic imine (C=N–C) groups is 1. The summed E-state index contributed by atoms with van der Waals surface area (Å²) in [5.74, 6) is 1.86. The number of aromatic nitrogens is 1. The van der Waals surface area contributed by atoms with Gasteiger partial charge in [-0.1, -0.05) is 24.4 Å². The number of nitrogens with one attached hydrogen (secondary N) is 2. The molecular formula is C21H37N5O. The lowest BCUT2D eigenvalue weighted by atomic mass is 9.92. The van der Waals surface area contributed by atoms with Gasteiger partial charge in [-0.2, -0.15) is 0 Å². The van der Waals surface area contributed by atoms with Gasteiger partial charge >= 0.3 is 0 Å². The molecule has 1 aromatic rings. The minimum Gasteiger partial charge on any atom is -0.361 e. The summed E-state index contributed by atoms with van der Waals surface area (Å²) in [6, 6.07) is 1.31. The molecule has 2 aliphatic rings. The highest BCUT2D eigenvalue weighted by Crippen LogP contribution is 2.25. The number of hydrogen-bond donors (Lipinski definition) is 2. The molecule has 1 unspecified atom stereocenters. The Balaban J connectivity index is 1.53. The van der Waals surface area contributed by atoms with Gasteiger partial charge in [0.15, 0.2) is 5.96 Å². The summed E-state index contributed by atoms with van der Waals surface area (Å²) < 4.78 is 5.26. The van der Waals surface area contributed by atoms with Crippen LogP contribution in [-0.4, -0.2) is 54.3 Å². The number of piperidine rings is 1. The van der Waals surface area contributed by atoms with E-state index in [0.29, 0.717) is 6.04 Å².